The van der Waals surface area contributed by atoms with E-state index < -0.39 is 0 Å². The lowest BCUT2D eigenvalue weighted by molar-refractivity contribution is -0.127. The minimum atomic E-state index is 0.147. The first kappa shape index (κ1) is 13.9. The summed E-state index contributed by atoms with van der Waals surface area (Å²) < 4.78 is 0. The first-order valence-electron chi connectivity index (χ1n) is 7.11. The summed E-state index contributed by atoms with van der Waals surface area (Å²) >= 11 is 0. The summed E-state index contributed by atoms with van der Waals surface area (Å²) in [7, 11) is 3.61. The third-order valence-electron chi connectivity index (χ3n) is 3.91. The number of nitrogens with one attached hydrogen (secondary N) is 1. The Balaban J connectivity index is 2.05. The van der Waals surface area contributed by atoms with E-state index in [1.165, 1.54) is 19.3 Å². The van der Waals surface area contributed by atoms with Gasteiger partial charge in [0.1, 0.15) is 0 Å². The van der Waals surface area contributed by atoms with E-state index in [1.54, 1.807) is 19.0 Å². The molecule has 0 aromatic heterocycles. The quantitative estimate of drug-likeness (QED) is 0.902. The lowest BCUT2D eigenvalue weighted by Gasteiger charge is -2.18. The maximum atomic E-state index is 11.9. The van der Waals surface area contributed by atoms with Gasteiger partial charge in [0.2, 0.25) is 5.91 Å². The van der Waals surface area contributed by atoms with E-state index in [2.05, 4.69) is 18.3 Å². The third-order valence-corrected chi connectivity index (χ3v) is 3.91. The second-order valence-electron chi connectivity index (χ2n) is 5.88. The molecule has 104 valence electrons. The lowest BCUT2D eigenvalue weighted by Crippen LogP contribution is -2.24. The molecule has 0 bridgehead atoms. The predicted octanol–water partition coefficient (Wildman–Crippen LogP) is 2.92. The molecule has 0 heterocycles. The minimum Gasteiger partial charge on any atom is -0.382 e. The second kappa shape index (κ2) is 6.09. The van der Waals surface area contributed by atoms with E-state index in [9.17, 15) is 4.79 Å². The summed E-state index contributed by atoms with van der Waals surface area (Å²) in [6, 6.07) is 8.72. The van der Waals surface area contributed by atoms with Crippen LogP contribution in [0.3, 0.4) is 0 Å². The Morgan fingerprint density at radius 3 is 2.68 bits per heavy atom. The summed E-state index contributed by atoms with van der Waals surface area (Å²) in [4.78, 5) is 13.5. The molecule has 0 unspecified atom stereocenters. The van der Waals surface area contributed by atoms with Crippen molar-refractivity contribution in [2.75, 3.05) is 19.4 Å². The number of rotatable bonds is 4. The molecule has 19 heavy (non-hydrogen) atoms. The summed E-state index contributed by atoms with van der Waals surface area (Å²) in [6.45, 7) is 2.31. The van der Waals surface area contributed by atoms with E-state index in [-0.39, 0.29) is 5.91 Å². The minimum absolute atomic E-state index is 0.147. The van der Waals surface area contributed by atoms with Crippen LogP contribution in [0.2, 0.25) is 0 Å². The molecular formula is C16H24N2O. The number of carbonyl (C=O) groups excluding carboxylic acids is 1. The van der Waals surface area contributed by atoms with Crippen LogP contribution in [0.4, 0.5) is 5.69 Å². The first-order chi connectivity index (χ1) is 9.06. The Morgan fingerprint density at radius 2 is 2.05 bits per heavy atom. The van der Waals surface area contributed by atoms with E-state index in [0.717, 1.165) is 17.2 Å². The molecule has 1 N–H and O–H groups in total. The fourth-order valence-corrected chi connectivity index (χ4v) is 2.69. The largest absolute Gasteiger partial charge is 0.382 e. The predicted molar refractivity (Wildman–Crippen MR) is 79.3 cm³/mol. The van der Waals surface area contributed by atoms with Gasteiger partial charge in [0.05, 0.1) is 6.42 Å². The van der Waals surface area contributed by atoms with Crippen molar-refractivity contribution in [2.45, 2.75) is 38.6 Å². The number of para-hydroxylation sites is 1. The van der Waals surface area contributed by atoms with Gasteiger partial charge in [-0.25, -0.2) is 0 Å². The van der Waals surface area contributed by atoms with Crippen molar-refractivity contribution in [3.63, 3.8) is 0 Å². The highest BCUT2D eigenvalue weighted by atomic mass is 16.2. The van der Waals surface area contributed by atoms with Crippen molar-refractivity contribution in [3.8, 4) is 0 Å². The Labute approximate surface area is 116 Å². The fraction of sp³-hybridized carbons (Fsp3) is 0.562. The second-order valence-corrected chi connectivity index (χ2v) is 5.88. The molecule has 2 atom stereocenters. The van der Waals surface area contributed by atoms with Gasteiger partial charge in [-0.2, -0.15) is 0 Å². The summed E-state index contributed by atoms with van der Waals surface area (Å²) in [5.41, 5.74) is 2.22. The number of hydrogen-bond donors (Lipinski definition) is 1. The van der Waals surface area contributed by atoms with Crippen LogP contribution in [0.15, 0.2) is 24.3 Å². The number of amides is 1. The number of carbonyl (C=O) groups is 1. The smallest absolute Gasteiger partial charge is 0.226 e. The SMILES string of the molecule is C[C@@H]1CC[C@@H](Nc2ccccc2CC(=O)N(C)C)C1. The molecular weight excluding hydrogens is 236 g/mol. The molecule has 0 aliphatic heterocycles. The van der Waals surface area contributed by atoms with Gasteiger partial charge >= 0.3 is 0 Å². The van der Waals surface area contributed by atoms with Crippen LogP contribution in [0, 0.1) is 5.92 Å². The molecule has 0 saturated heterocycles. The summed E-state index contributed by atoms with van der Waals surface area (Å²) in [6.07, 6.45) is 4.24. The Morgan fingerprint density at radius 1 is 1.32 bits per heavy atom. The lowest BCUT2D eigenvalue weighted by atomic mass is 10.1. The Bertz CT molecular complexity index is 442. The molecule has 1 saturated carbocycles. The van der Waals surface area contributed by atoms with Crippen molar-refractivity contribution in [1.29, 1.82) is 0 Å². The monoisotopic (exact) mass is 260 g/mol. The van der Waals surface area contributed by atoms with Gasteiger partial charge in [-0.3, -0.25) is 4.79 Å². The van der Waals surface area contributed by atoms with Crippen molar-refractivity contribution in [2.24, 2.45) is 5.92 Å². The van der Waals surface area contributed by atoms with Crippen molar-refractivity contribution in [1.82, 2.24) is 4.90 Å². The number of likely N-dealkylation sites (N-methyl/N-ethyl adjacent to an activating group) is 1. The van der Waals surface area contributed by atoms with Gasteiger partial charge in [0.15, 0.2) is 0 Å². The third kappa shape index (κ3) is 3.72. The molecule has 0 radical (unpaired) electrons. The zero-order valence-corrected chi connectivity index (χ0v) is 12.1. The van der Waals surface area contributed by atoms with E-state index in [0.29, 0.717) is 12.5 Å². The van der Waals surface area contributed by atoms with Crippen molar-refractivity contribution < 1.29 is 4.79 Å². The highest BCUT2D eigenvalue weighted by Crippen LogP contribution is 2.28. The van der Waals surface area contributed by atoms with Crippen LogP contribution in [-0.2, 0) is 11.2 Å². The number of nitrogens with zero attached hydrogens (tertiary/aromatic N) is 1. The maximum absolute atomic E-state index is 11.9. The molecule has 1 aromatic rings. The number of benzene rings is 1. The maximum Gasteiger partial charge on any atom is 0.226 e. The van der Waals surface area contributed by atoms with Crippen LogP contribution in [0.5, 0.6) is 0 Å². The van der Waals surface area contributed by atoms with Gasteiger partial charge in [-0.05, 0) is 36.8 Å². The highest BCUT2D eigenvalue weighted by Gasteiger charge is 2.21. The molecule has 1 fully saturated rings. The van der Waals surface area contributed by atoms with Gasteiger partial charge in [-0.15, -0.1) is 0 Å². The topological polar surface area (TPSA) is 32.3 Å². The van der Waals surface area contributed by atoms with Gasteiger partial charge < -0.3 is 10.2 Å². The van der Waals surface area contributed by atoms with Gasteiger partial charge in [0.25, 0.3) is 0 Å². The average molecular weight is 260 g/mol. The zero-order valence-electron chi connectivity index (χ0n) is 12.1. The molecule has 1 aliphatic carbocycles. The summed E-state index contributed by atoms with van der Waals surface area (Å²) in [5.74, 6) is 0.960. The van der Waals surface area contributed by atoms with Gasteiger partial charge in [0, 0.05) is 25.8 Å². The Hall–Kier alpha value is -1.51. The van der Waals surface area contributed by atoms with Gasteiger partial charge in [-0.1, -0.05) is 25.1 Å². The standard InChI is InChI=1S/C16H24N2O/c1-12-8-9-14(10-12)17-15-7-5-4-6-13(15)11-16(19)18(2)3/h4-7,12,14,17H,8-11H2,1-3H3/t12-,14-/m1/s1. The normalized spacial score (nSPS) is 22.3. The molecule has 2 rings (SSSR count). The molecule has 1 amide bonds. The highest BCUT2D eigenvalue weighted by molar-refractivity contribution is 5.80. The summed E-state index contributed by atoms with van der Waals surface area (Å²) in [5, 5.41) is 3.61. The molecule has 1 aromatic carbocycles. The van der Waals surface area contributed by atoms with Crippen molar-refractivity contribution >= 4 is 11.6 Å². The molecule has 0 spiro atoms. The average Bonchev–Trinajstić information content (AvgIpc) is 2.77. The number of anilines is 1. The van der Waals surface area contributed by atoms with Crippen LogP contribution >= 0.6 is 0 Å². The van der Waals surface area contributed by atoms with Crippen molar-refractivity contribution in [3.05, 3.63) is 29.8 Å². The Kier molecular flexibility index (Phi) is 4.46. The molecule has 3 nitrogen and oxygen atoms in total. The first-order valence-corrected chi connectivity index (χ1v) is 7.11. The van der Waals surface area contributed by atoms with E-state index >= 15 is 0 Å². The number of hydrogen-bond acceptors (Lipinski definition) is 2. The van der Waals surface area contributed by atoms with E-state index in [1.807, 2.05) is 18.2 Å². The van der Waals surface area contributed by atoms with E-state index in [4.69, 9.17) is 0 Å². The fourth-order valence-electron chi connectivity index (χ4n) is 2.69. The molecule has 1 aliphatic rings. The molecule has 3 heteroatoms. The van der Waals surface area contributed by atoms with Crippen LogP contribution in [-0.4, -0.2) is 30.9 Å². The van der Waals surface area contributed by atoms with Crippen LogP contribution < -0.4 is 5.32 Å². The van der Waals surface area contributed by atoms with Crippen LogP contribution in [0.25, 0.3) is 0 Å². The zero-order chi connectivity index (χ0) is 13.8. The van der Waals surface area contributed by atoms with Crippen LogP contribution in [0.1, 0.15) is 31.7 Å².